The Bertz CT molecular complexity index is 400. The Labute approximate surface area is 120 Å². The number of likely N-dealkylation sites (N-methyl/N-ethyl adjacent to an activating group) is 1. The topological polar surface area (TPSA) is 51.0 Å². The first-order chi connectivity index (χ1) is 8.99. The van der Waals surface area contributed by atoms with Gasteiger partial charge in [-0.3, -0.25) is 0 Å². The standard InChI is InChI=1S/C14H25N3OS/c1-5-15-11-8-6-7-10(11)13-16-12(17-18-13)9-19-14(2,3)4/h10-11,15H,5-9H2,1-4H3. The fourth-order valence-electron chi connectivity index (χ4n) is 2.52. The number of nitrogens with zero attached hydrogens (tertiary/aromatic N) is 2. The SMILES string of the molecule is CCNC1CCCC1c1nc(CSC(C)(C)C)no1. The van der Waals surface area contributed by atoms with Crippen LogP contribution in [0, 0.1) is 0 Å². The molecule has 19 heavy (non-hydrogen) atoms. The van der Waals surface area contributed by atoms with Crippen LogP contribution in [0.25, 0.3) is 0 Å². The Morgan fingerprint density at radius 2 is 2.16 bits per heavy atom. The van der Waals surface area contributed by atoms with Crippen LogP contribution < -0.4 is 5.32 Å². The lowest BCUT2D eigenvalue weighted by atomic mass is 10.0. The summed E-state index contributed by atoms with van der Waals surface area (Å²) in [6.45, 7) is 9.77. The molecule has 1 aromatic heterocycles. The molecule has 2 rings (SSSR count). The van der Waals surface area contributed by atoms with Gasteiger partial charge in [-0.25, -0.2) is 0 Å². The van der Waals surface area contributed by atoms with Crippen molar-refractivity contribution in [1.82, 2.24) is 15.5 Å². The van der Waals surface area contributed by atoms with Crippen molar-refractivity contribution in [2.75, 3.05) is 6.54 Å². The molecule has 0 saturated heterocycles. The summed E-state index contributed by atoms with van der Waals surface area (Å²) in [5.74, 6) is 2.89. The lowest BCUT2D eigenvalue weighted by Gasteiger charge is -2.16. The maximum absolute atomic E-state index is 5.48. The van der Waals surface area contributed by atoms with E-state index >= 15 is 0 Å². The van der Waals surface area contributed by atoms with Crippen LogP contribution in [-0.2, 0) is 5.75 Å². The van der Waals surface area contributed by atoms with Gasteiger partial charge in [0.15, 0.2) is 5.82 Å². The Balaban J connectivity index is 1.96. The number of hydrogen-bond acceptors (Lipinski definition) is 5. The first-order valence-electron chi connectivity index (χ1n) is 7.19. The van der Waals surface area contributed by atoms with Crippen molar-refractivity contribution in [3.63, 3.8) is 0 Å². The zero-order valence-electron chi connectivity index (χ0n) is 12.4. The lowest BCUT2D eigenvalue weighted by Crippen LogP contribution is -2.31. The number of thioether (sulfide) groups is 1. The van der Waals surface area contributed by atoms with E-state index in [4.69, 9.17) is 4.52 Å². The minimum atomic E-state index is 0.237. The van der Waals surface area contributed by atoms with Gasteiger partial charge in [0, 0.05) is 10.8 Å². The van der Waals surface area contributed by atoms with Crippen molar-refractivity contribution in [1.29, 1.82) is 0 Å². The van der Waals surface area contributed by atoms with Crippen molar-refractivity contribution < 1.29 is 4.52 Å². The fourth-order valence-corrected chi connectivity index (χ4v) is 3.20. The van der Waals surface area contributed by atoms with Crippen LogP contribution in [-0.4, -0.2) is 27.5 Å². The van der Waals surface area contributed by atoms with E-state index in [2.05, 4.69) is 43.2 Å². The van der Waals surface area contributed by atoms with Crippen molar-refractivity contribution in [2.45, 2.75) is 69.4 Å². The van der Waals surface area contributed by atoms with E-state index in [1.54, 1.807) is 0 Å². The molecule has 1 saturated carbocycles. The summed E-state index contributed by atoms with van der Waals surface area (Å²) >= 11 is 1.85. The highest BCUT2D eigenvalue weighted by atomic mass is 32.2. The molecule has 4 nitrogen and oxygen atoms in total. The zero-order valence-corrected chi connectivity index (χ0v) is 13.2. The third kappa shape index (κ3) is 4.21. The molecule has 5 heteroatoms. The molecular formula is C14H25N3OS. The number of rotatable bonds is 5. The van der Waals surface area contributed by atoms with Crippen LogP contribution in [0.4, 0.5) is 0 Å². The molecule has 1 N–H and O–H groups in total. The highest BCUT2D eigenvalue weighted by molar-refractivity contribution is 7.99. The van der Waals surface area contributed by atoms with Gasteiger partial charge in [0.25, 0.3) is 0 Å². The molecule has 108 valence electrons. The summed E-state index contributed by atoms with van der Waals surface area (Å²) < 4.78 is 5.71. The van der Waals surface area contributed by atoms with Gasteiger partial charge in [0.2, 0.25) is 5.89 Å². The second kappa shape index (κ2) is 6.27. The van der Waals surface area contributed by atoms with E-state index < -0.39 is 0 Å². The van der Waals surface area contributed by atoms with Crippen LogP contribution in [0.5, 0.6) is 0 Å². The van der Waals surface area contributed by atoms with Gasteiger partial charge in [-0.2, -0.15) is 4.98 Å². The lowest BCUT2D eigenvalue weighted by molar-refractivity contribution is 0.329. The smallest absolute Gasteiger partial charge is 0.231 e. The van der Waals surface area contributed by atoms with Gasteiger partial charge in [-0.15, -0.1) is 11.8 Å². The van der Waals surface area contributed by atoms with Gasteiger partial charge in [0.1, 0.15) is 0 Å². The Morgan fingerprint density at radius 1 is 1.37 bits per heavy atom. The van der Waals surface area contributed by atoms with Gasteiger partial charge < -0.3 is 9.84 Å². The molecular weight excluding hydrogens is 258 g/mol. The van der Waals surface area contributed by atoms with Crippen molar-refractivity contribution >= 4 is 11.8 Å². The van der Waals surface area contributed by atoms with Crippen molar-refractivity contribution in [3.05, 3.63) is 11.7 Å². The predicted molar refractivity (Wildman–Crippen MR) is 79.4 cm³/mol. The van der Waals surface area contributed by atoms with Crippen molar-refractivity contribution in [3.8, 4) is 0 Å². The molecule has 1 heterocycles. The summed E-state index contributed by atoms with van der Waals surface area (Å²) in [7, 11) is 0. The first kappa shape index (κ1) is 14.9. The average Bonchev–Trinajstić information content (AvgIpc) is 2.93. The molecule has 1 aromatic rings. The Hall–Kier alpha value is -0.550. The molecule has 0 spiro atoms. The summed E-state index contributed by atoms with van der Waals surface area (Å²) in [5.41, 5.74) is 0. The minimum Gasteiger partial charge on any atom is -0.339 e. The number of aromatic nitrogens is 2. The quantitative estimate of drug-likeness (QED) is 0.898. The maximum Gasteiger partial charge on any atom is 0.231 e. The number of hydrogen-bond donors (Lipinski definition) is 1. The molecule has 0 amide bonds. The van der Waals surface area contributed by atoms with Crippen LogP contribution in [0.2, 0.25) is 0 Å². The highest BCUT2D eigenvalue weighted by Crippen LogP contribution is 2.34. The second-order valence-corrected chi connectivity index (χ2v) is 7.95. The molecule has 0 radical (unpaired) electrons. The maximum atomic E-state index is 5.48. The monoisotopic (exact) mass is 283 g/mol. The van der Waals surface area contributed by atoms with E-state index in [0.29, 0.717) is 12.0 Å². The third-order valence-corrected chi connectivity index (χ3v) is 4.69. The largest absolute Gasteiger partial charge is 0.339 e. The van der Waals surface area contributed by atoms with E-state index in [1.807, 2.05) is 11.8 Å². The van der Waals surface area contributed by atoms with Gasteiger partial charge >= 0.3 is 0 Å². The van der Waals surface area contributed by atoms with E-state index in [1.165, 1.54) is 12.8 Å². The zero-order chi connectivity index (χ0) is 13.9. The van der Waals surface area contributed by atoms with E-state index in [0.717, 1.165) is 30.4 Å². The fraction of sp³-hybridized carbons (Fsp3) is 0.857. The summed E-state index contributed by atoms with van der Waals surface area (Å²) in [5, 5.41) is 7.65. The van der Waals surface area contributed by atoms with E-state index in [-0.39, 0.29) is 4.75 Å². The molecule has 0 bridgehead atoms. The predicted octanol–water partition coefficient (Wildman–Crippen LogP) is 3.35. The van der Waals surface area contributed by atoms with Crippen LogP contribution >= 0.6 is 11.8 Å². The molecule has 0 aliphatic heterocycles. The average molecular weight is 283 g/mol. The second-order valence-electron chi connectivity index (χ2n) is 6.15. The van der Waals surface area contributed by atoms with Gasteiger partial charge in [-0.05, 0) is 19.4 Å². The summed E-state index contributed by atoms with van der Waals surface area (Å²) in [6, 6.07) is 0.508. The number of nitrogens with one attached hydrogen (secondary N) is 1. The molecule has 2 atom stereocenters. The van der Waals surface area contributed by atoms with Crippen LogP contribution in [0.15, 0.2) is 4.52 Å². The highest BCUT2D eigenvalue weighted by Gasteiger charge is 2.32. The first-order valence-corrected chi connectivity index (χ1v) is 8.18. The van der Waals surface area contributed by atoms with E-state index in [9.17, 15) is 0 Å². The van der Waals surface area contributed by atoms with Gasteiger partial charge in [0.05, 0.1) is 11.7 Å². The Kier molecular flexibility index (Phi) is 4.90. The molecule has 2 unspecified atom stereocenters. The summed E-state index contributed by atoms with van der Waals surface area (Å²) in [4.78, 5) is 4.59. The van der Waals surface area contributed by atoms with Crippen LogP contribution in [0.3, 0.4) is 0 Å². The minimum absolute atomic E-state index is 0.237. The van der Waals surface area contributed by atoms with Crippen LogP contribution in [0.1, 0.15) is 64.6 Å². The third-order valence-electron chi connectivity index (χ3n) is 3.42. The Morgan fingerprint density at radius 3 is 2.84 bits per heavy atom. The van der Waals surface area contributed by atoms with Gasteiger partial charge in [-0.1, -0.05) is 39.3 Å². The normalized spacial score (nSPS) is 24.0. The molecule has 1 fully saturated rings. The summed E-state index contributed by atoms with van der Waals surface area (Å²) in [6.07, 6.45) is 3.62. The molecule has 1 aliphatic rings. The van der Waals surface area contributed by atoms with Crippen molar-refractivity contribution in [2.24, 2.45) is 0 Å². The molecule has 0 aromatic carbocycles. The molecule has 1 aliphatic carbocycles.